The van der Waals surface area contributed by atoms with Gasteiger partial charge in [-0.05, 0) is 5.53 Å². The summed E-state index contributed by atoms with van der Waals surface area (Å²) in [7, 11) is 0. The molecule has 0 aliphatic carbocycles. The Morgan fingerprint density at radius 2 is 2.10 bits per heavy atom. The summed E-state index contributed by atoms with van der Waals surface area (Å²) < 4.78 is 9.92. The average molecular weight is 304 g/mol. The topological polar surface area (TPSA) is 174 Å². The summed E-state index contributed by atoms with van der Waals surface area (Å²) in [5.74, 6) is -1.50. The molecule has 4 unspecified atom stereocenters. The average Bonchev–Trinajstić information content (AvgIpc) is 2.43. The Bertz CT molecular complexity index is 439. The molecule has 118 valence electrons. The summed E-state index contributed by atoms with van der Waals surface area (Å²) >= 11 is 0. The highest BCUT2D eigenvalue weighted by molar-refractivity contribution is 5.78. The number of ether oxygens (including phenoxy) is 2. The number of hydrogen-bond acceptors (Lipinski definition) is 8. The van der Waals surface area contributed by atoms with Crippen LogP contribution in [0.15, 0.2) is 5.11 Å². The summed E-state index contributed by atoms with van der Waals surface area (Å²) in [6, 6.07) is -1.27. The number of esters is 1. The van der Waals surface area contributed by atoms with Gasteiger partial charge in [0.1, 0.15) is 30.9 Å². The molecule has 11 heteroatoms. The second-order valence-electron chi connectivity index (χ2n) is 4.30. The highest BCUT2D eigenvalue weighted by atomic mass is 16.7. The Labute approximate surface area is 119 Å². The van der Waals surface area contributed by atoms with Gasteiger partial charge in [0, 0.05) is 11.8 Å². The van der Waals surface area contributed by atoms with Crippen molar-refractivity contribution in [3.63, 3.8) is 0 Å². The van der Waals surface area contributed by atoms with Gasteiger partial charge >= 0.3 is 5.97 Å². The van der Waals surface area contributed by atoms with Gasteiger partial charge in [-0.25, -0.2) is 0 Å². The lowest BCUT2D eigenvalue weighted by atomic mass is 9.97. The Balaban J connectivity index is 2.85. The maximum Gasteiger partial charge on any atom is 0.305 e. The molecular weight excluding hydrogens is 288 g/mol. The zero-order valence-corrected chi connectivity index (χ0v) is 11.1. The Hall–Kier alpha value is -1.91. The zero-order chi connectivity index (χ0) is 16.0. The first-order chi connectivity index (χ1) is 9.90. The van der Waals surface area contributed by atoms with Crippen LogP contribution in [-0.4, -0.2) is 71.0 Å². The van der Waals surface area contributed by atoms with Crippen molar-refractivity contribution in [1.29, 1.82) is 0 Å². The molecule has 1 amide bonds. The van der Waals surface area contributed by atoms with Crippen molar-refractivity contribution in [2.75, 3.05) is 13.2 Å². The molecule has 5 atom stereocenters. The minimum atomic E-state index is -1.55. The van der Waals surface area contributed by atoms with E-state index in [1.54, 1.807) is 0 Å². The molecule has 0 aromatic rings. The number of azide groups is 1. The molecule has 1 aliphatic rings. The number of aliphatic hydroxyl groups is 3. The number of rotatable bonds is 5. The van der Waals surface area contributed by atoms with Crippen LogP contribution in [0.1, 0.15) is 6.92 Å². The lowest BCUT2D eigenvalue weighted by Crippen LogP contribution is -2.65. The summed E-state index contributed by atoms with van der Waals surface area (Å²) in [5, 5.41) is 34.0. The molecule has 1 rings (SSSR count). The third kappa shape index (κ3) is 4.55. The molecular formula is C10H16N4O7. The lowest BCUT2D eigenvalue weighted by molar-refractivity contribution is -0.262. The van der Waals surface area contributed by atoms with Gasteiger partial charge in [-0.1, -0.05) is 5.11 Å². The van der Waals surface area contributed by atoms with E-state index in [1.165, 1.54) is 0 Å². The van der Waals surface area contributed by atoms with E-state index in [9.17, 15) is 19.8 Å². The molecule has 0 bridgehead atoms. The molecule has 1 heterocycles. The predicted molar refractivity (Wildman–Crippen MR) is 65.5 cm³/mol. The number of hydrogen-bond donors (Lipinski definition) is 4. The molecule has 1 fully saturated rings. The van der Waals surface area contributed by atoms with E-state index >= 15 is 0 Å². The summed E-state index contributed by atoms with van der Waals surface area (Å²) in [4.78, 5) is 24.9. The SMILES string of the molecule is CC(=O)OC1OC(CO)[C@@H](O)C(O)C1NC(=O)CN=[N+]=[N-]. The number of nitrogens with one attached hydrogen (secondary N) is 1. The molecule has 0 saturated carbocycles. The van der Waals surface area contributed by atoms with Crippen LogP contribution < -0.4 is 5.32 Å². The molecule has 21 heavy (non-hydrogen) atoms. The molecule has 0 spiro atoms. The van der Waals surface area contributed by atoms with E-state index in [1.807, 2.05) is 0 Å². The number of carbonyl (C=O) groups is 2. The molecule has 4 N–H and O–H groups in total. The Kier molecular flexibility index (Phi) is 6.34. The number of aliphatic hydroxyl groups excluding tert-OH is 3. The minimum Gasteiger partial charge on any atom is -0.434 e. The van der Waals surface area contributed by atoms with E-state index in [4.69, 9.17) is 20.1 Å². The van der Waals surface area contributed by atoms with Crippen LogP contribution in [0.3, 0.4) is 0 Å². The van der Waals surface area contributed by atoms with E-state index in [2.05, 4.69) is 15.3 Å². The van der Waals surface area contributed by atoms with Crippen molar-refractivity contribution < 1.29 is 34.4 Å². The van der Waals surface area contributed by atoms with Crippen LogP contribution >= 0.6 is 0 Å². The first-order valence-corrected chi connectivity index (χ1v) is 6.00. The third-order valence-corrected chi connectivity index (χ3v) is 2.77. The summed E-state index contributed by atoms with van der Waals surface area (Å²) in [6.07, 6.45) is -5.61. The van der Waals surface area contributed by atoms with Crippen molar-refractivity contribution in [2.45, 2.75) is 37.6 Å². The van der Waals surface area contributed by atoms with E-state index in [0.717, 1.165) is 6.92 Å². The molecule has 1 aliphatic heterocycles. The van der Waals surface area contributed by atoms with Crippen molar-refractivity contribution >= 4 is 11.9 Å². The summed E-state index contributed by atoms with van der Waals surface area (Å²) in [5.41, 5.74) is 8.12. The van der Waals surface area contributed by atoms with Crippen LogP contribution in [0.2, 0.25) is 0 Å². The fraction of sp³-hybridized carbons (Fsp3) is 0.800. The molecule has 0 aromatic heterocycles. The smallest absolute Gasteiger partial charge is 0.305 e. The first-order valence-electron chi connectivity index (χ1n) is 6.00. The first kappa shape index (κ1) is 17.1. The standard InChI is InChI=1S/C10H16N4O7/c1-4(16)20-10-7(13-6(17)2-12-14-11)9(19)8(18)5(3-15)21-10/h5,7-10,15,18-19H,2-3H2,1H3,(H,13,17)/t5?,7?,8-,9?,10?/m1/s1. The molecule has 11 nitrogen and oxygen atoms in total. The van der Waals surface area contributed by atoms with Crippen molar-refractivity contribution in [1.82, 2.24) is 5.32 Å². The quantitative estimate of drug-likeness (QED) is 0.192. The van der Waals surface area contributed by atoms with Gasteiger partial charge in [0.05, 0.1) is 6.61 Å². The van der Waals surface area contributed by atoms with Gasteiger partial charge in [-0.3, -0.25) is 9.59 Å². The maximum atomic E-state index is 11.5. The van der Waals surface area contributed by atoms with Crippen LogP contribution in [0, 0.1) is 0 Å². The van der Waals surface area contributed by atoms with Crippen molar-refractivity contribution in [2.24, 2.45) is 5.11 Å². The number of carbonyl (C=O) groups excluding carboxylic acids is 2. The second-order valence-corrected chi connectivity index (χ2v) is 4.30. The highest BCUT2D eigenvalue weighted by Crippen LogP contribution is 2.22. The number of amides is 1. The second kappa shape index (κ2) is 7.76. The fourth-order valence-electron chi connectivity index (χ4n) is 1.83. The lowest BCUT2D eigenvalue weighted by Gasteiger charge is -2.41. The Morgan fingerprint density at radius 1 is 1.43 bits per heavy atom. The van der Waals surface area contributed by atoms with Crippen molar-refractivity contribution in [3.8, 4) is 0 Å². The van der Waals surface area contributed by atoms with E-state index in [-0.39, 0.29) is 0 Å². The van der Waals surface area contributed by atoms with Crippen LogP contribution in [0.4, 0.5) is 0 Å². The molecule has 0 aromatic carbocycles. The van der Waals surface area contributed by atoms with Gasteiger partial charge in [0.2, 0.25) is 12.2 Å². The van der Waals surface area contributed by atoms with E-state index < -0.39 is 55.7 Å². The van der Waals surface area contributed by atoms with Gasteiger partial charge in [-0.15, -0.1) is 0 Å². The third-order valence-electron chi connectivity index (χ3n) is 2.77. The van der Waals surface area contributed by atoms with Crippen LogP contribution in [-0.2, 0) is 19.1 Å². The molecule has 0 radical (unpaired) electrons. The normalized spacial score (nSPS) is 31.9. The van der Waals surface area contributed by atoms with Gasteiger partial charge < -0.3 is 30.1 Å². The summed E-state index contributed by atoms with van der Waals surface area (Å²) in [6.45, 7) is -0.0605. The number of nitrogens with zero attached hydrogens (tertiary/aromatic N) is 3. The largest absolute Gasteiger partial charge is 0.434 e. The highest BCUT2D eigenvalue weighted by Gasteiger charge is 2.46. The fourth-order valence-corrected chi connectivity index (χ4v) is 1.83. The zero-order valence-electron chi connectivity index (χ0n) is 11.1. The van der Waals surface area contributed by atoms with E-state index in [0.29, 0.717) is 0 Å². The predicted octanol–water partition coefficient (Wildman–Crippen LogP) is -2.22. The van der Waals surface area contributed by atoms with Gasteiger partial charge in [-0.2, -0.15) is 0 Å². The monoisotopic (exact) mass is 304 g/mol. The minimum absolute atomic E-state index is 0.536. The maximum absolute atomic E-state index is 11.5. The Morgan fingerprint density at radius 3 is 2.62 bits per heavy atom. The van der Waals surface area contributed by atoms with Crippen molar-refractivity contribution in [3.05, 3.63) is 10.4 Å². The molecule has 1 saturated heterocycles. The van der Waals surface area contributed by atoms with Crippen LogP contribution in [0.5, 0.6) is 0 Å². The van der Waals surface area contributed by atoms with Gasteiger partial charge in [0.15, 0.2) is 0 Å². The van der Waals surface area contributed by atoms with Gasteiger partial charge in [0.25, 0.3) is 0 Å². The van der Waals surface area contributed by atoms with Crippen LogP contribution in [0.25, 0.3) is 10.4 Å².